The molecule has 0 spiro atoms. The monoisotopic (exact) mass is 578 g/mol. The Labute approximate surface area is 218 Å². The van der Waals surface area contributed by atoms with Gasteiger partial charge in [-0.1, -0.05) is 34.5 Å². The van der Waals surface area contributed by atoms with Crippen molar-refractivity contribution in [1.29, 1.82) is 0 Å². The molecule has 0 fully saturated rings. The van der Waals surface area contributed by atoms with E-state index in [1.807, 2.05) is 22.8 Å². The molecule has 0 radical (unpaired) electrons. The van der Waals surface area contributed by atoms with Crippen LogP contribution in [0.2, 0.25) is 10.0 Å². The van der Waals surface area contributed by atoms with Crippen LogP contribution in [0.25, 0.3) is 16.3 Å². The summed E-state index contributed by atoms with van der Waals surface area (Å²) in [6.07, 6.45) is 2.40. The molecule has 1 N–H and O–H groups in total. The minimum atomic E-state index is -4.35. The zero-order valence-corrected chi connectivity index (χ0v) is 22.0. The number of anilines is 1. The molecule has 1 aliphatic rings. The number of ether oxygens (including phenoxy) is 1. The van der Waals surface area contributed by atoms with Crippen molar-refractivity contribution in [2.75, 3.05) is 23.8 Å². The summed E-state index contributed by atoms with van der Waals surface area (Å²) in [6, 6.07) is 10.7. The van der Waals surface area contributed by atoms with Gasteiger partial charge in [-0.25, -0.2) is 8.42 Å². The van der Waals surface area contributed by atoms with E-state index in [4.69, 9.17) is 36.7 Å². The van der Waals surface area contributed by atoms with Gasteiger partial charge in [0, 0.05) is 34.8 Å². The molecule has 2 heterocycles. The molecule has 4 rings (SSSR count). The van der Waals surface area contributed by atoms with E-state index in [1.54, 1.807) is 29.2 Å². The summed E-state index contributed by atoms with van der Waals surface area (Å²) in [5.74, 6) is 0.505. The van der Waals surface area contributed by atoms with Gasteiger partial charge in [0.15, 0.2) is 12.3 Å². The number of hydrogen-bond acceptors (Lipinski definition) is 8. The van der Waals surface area contributed by atoms with Crippen LogP contribution < -0.4 is 14.2 Å². The molecule has 1 unspecified atom stereocenters. The van der Waals surface area contributed by atoms with Crippen molar-refractivity contribution in [3.63, 3.8) is 0 Å². The third kappa shape index (κ3) is 6.71. The summed E-state index contributed by atoms with van der Waals surface area (Å²) >= 11 is 11.6. The van der Waals surface area contributed by atoms with Gasteiger partial charge in [-0.05, 0) is 36.8 Å². The van der Waals surface area contributed by atoms with Gasteiger partial charge < -0.3 is 14.2 Å². The lowest BCUT2D eigenvalue weighted by Gasteiger charge is -2.18. The first-order valence-electron chi connectivity index (χ1n) is 10.4. The summed E-state index contributed by atoms with van der Waals surface area (Å²) in [5.41, 5.74) is 1.55. The predicted molar refractivity (Wildman–Crippen MR) is 135 cm³/mol. The average molecular weight is 580 g/mol. The molecule has 0 saturated carbocycles. The molecule has 0 amide bonds. The van der Waals surface area contributed by atoms with Crippen molar-refractivity contribution in [3.05, 3.63) is 57.3 Å². The Morgan fingerprint density at radius 3 is 2.69 bits per heavy atom. The van der Waals surface area contributed by atoms with Gasteiger partial charge in [0.2, 0.25) is 11.4 Å². The van der Waals surface area contributed by atoms with Crippen LogP contribution in [0.15, 0.2) is 42.3 Å². The van der Waals surface area contributed by atoms with Crippen LogP contribution in [0, 0.1) is 0 Å². The molecule has 0 saturated heterocycles. The minimum Gasteiger partial charge on any atom is -0.748 e. The Balaban J connectivity index is 1.70. The second-order valence-electron chi connectivity index (χ2n) is 7.56. The second-order valence-corrected chi connectivity index (χ2v) is 11.7. The third-order valence-electron chi connectivity index (χ3n) is 5.12. The topological polar surface area (TPSA) is 120 Å². The quantitative estimate of drug-likeness (QED) is 0.165. The van der Waals surface area contributed by atoms with Crippen molar-refractivity contribution in [2.45, 2.75) is 19.4 Å². The lowest BCUT2D eigenvalue weighted by molar-refractivity contribution is -0.669. The number of fused-ring (bicyclic) bond motifs is 2. The van der Waals surface area contributed by atoms with E-state index in [9.17, 15) is 17.2 Å². The van der Waals surface area contributed by atoms with E-state index >= 15 is 0 Å². The van der Waals surface area contributed by atoms with E-state index in [-0.39, 0.29) is 19.6 Å². The van der Waals surface area contributed by atoms with Gasteiger partial charge in [0.05, 0.1) is 28.5 Å². The Kier molecular flexibility index (Phi) is 8.34. The molecular weight excluding hydrogens is 559 g/mol. The summed E-state index contributed by atoms with van der Waals surface area (Å²) in [5, 5.41) is 1.86. The molecule has 188 valence electrons. The summed E-state index contributed by atoms with van der Waals surface area (Å²) in [7, 11) is -4.35. The Morgan fingerprint density at radius 1 is 1.20 bits per heavy atom. The lowest BCUT2D eigenvalue weighted by atomic mass is 10.2. The predicted octanol–water partition coefficient (Wildman–Crippen LogP) is 4.17. The molecule has 1 aliphatic heterocycles. The number of benzene rings is 2. The molecular formula is C21H20Cl2N2O7S3. The maximum atomic E-state index is 11.1. The number of halogens is 2. The fourth-order valence-corrected chi connectivity index (χ4v) is 5.85. The fourth-order valence-electron chi connectivity index (χ4n) is 3.68. The van der Waals surface area contributed by atoms with Crippen LogP contribution in [-0.2, 0) is 32.2 Å². The van der Waals surface area contributed by atoms with Gasteiger partial charge in [0.1, 0.15) is 4.70 Å². The van der Waals surface area contributed by atoms with Crippen molar-refractivity contribution in [1.82, 2.24) is 0 Å². The standard InChI is InChI=1S/C21H20Cl2N2O7S3/c22-14-3-5-18-16(11-14)24(8-2-10-35(28,29)30)20(32-18)13-21-25(7-1-9-31-34(26)27)17-12-15(23)4-6-19(17)33-21/h3-6,11-13H,1-2,7-10H2,(H-,26,27,28,29,30). The van der Waals surface area contributed by atoms with Gasteiger partial charge in [0.25, 0.3) is 5.01 Å². The van der Waals surface area contributed by atoms with Crippen molar-refractivity contribution in [3.8, 4) is 5.75 Å². The van der Waals surface area contributed by atoms with Crippen LogP contribution in [0.5, 0.6) is 5.75 Å². The summed E-state index contributed by atoms with van der Waals surface area (Å²) in [4.78, 5) is 1.78. The van der Waals surface area contributed by atoms with Crippen LogP contribution in [0.1, 0.15) is 17.8 Å². The first kappa shape index (κ1) is 26.3. The zero-order valence-electron chi connectivity index (χ0n) is 18.1. The molecule has 1 atom stereocenters. The Hall–Kier alpha value is -1.77. The highest BCUT2D eigenvalue weighted by Crippen LogP contribution is 2.41. The first-order valence-corrected chi connectivity index (χ1v) is 14.5. The first-order chi connectivity index (χ1) is 16.6. The molecule has 2 aromatic carbocycles. The number of thiazole rings is 1. The zero-order chi connectivity index (χ0) is 25.2. The summed E-state index contributed by atoms with van der Waals surface area (Å²) < 4.78 is 66.8. The molecule has 0 bridgehead atoms. The Morgan fingerprint density at radius 2 is 1.94 bits per heavy atom. The number of aryl methyl sites for hydroxylation is 1. The summed E-state index contributed by atoms with van der Waals surface area (Å²) in [6.45, 7) is 0.789. The van der Waals surface area contributed by atoms with Crippen LogP contribution in [0.3, 0.4) is 0 Å². The smallest absolute Gasteiger partial charge is 0.301 e. The van der Waals surface area contributed by atoms with Gasteiger partial charge >= 0.3 is 11.4 Å². The molecule has 14 heteroatoms. The van der Waals surface area contributed by atoms with Crippen molar-refractivity contribution in [2.24, 2.45) is 0 Å². The maximum absolute atomic E-state index is 11.1. The fraction of sp³-hybridized carbons (Fsp3) is 0.286. The molecule has 0 aliphatic carbocycles. The second kappa shape index (κ2) is 11.1. The highest BCUT2D eigenvalue weighted by atomic mass is 35.5. The molecule has 9 nitrogen and oxygen atoms in total. The van der Waals surface area contributed by atoms with Crippen molar-refractivity contribution >= 4 is 78.0 Å². The Bertz CT molecular complexity index is 1410. The van der Waals surface area contributed by atoms with Gasteiger partial charge in [-0.2, -0.15) is 8.78 Å². The number of aromatic nitrogens is 1. The van der Waals surface area contributed by atoms with Gasteiger partial charge in [-0.15, -0.1) is 0 Å². The SMILES string of the molecule is O=S(O)OCCC[n+]1c(C=C2Oc3ccc(Cl)cc3N2CCCS(=O)(=O)[O-])sc2ccc(Cl)cc21. The highest BCUT2D eigenvalue weighted by molar-refractivity contribution is 7.85. The minimum absolute atomic E-state index is 0.0836. The molecule has 1 aromatic heterocycles. The maximum Gasteiger partial charge on any atom is 0.301 e. The van der Waals surface area contributed by atoms with Crippen LogP contribution in [-0.4, -0.2) is 40.6 Å². The number of hydrogen-bond donors (Lipinski definition) is 1. The number of rotatable bonds is 10. The molecule has 3 aromatic rings. The lowest BCUT2D eigenvalue weighted by Crippen LogP contribution is -2.36. The van der Waals surface area contributed by atoms with Crippen LogP contribution >= 0.6 is 34.5 Å². The van der Waals surface area contributed by atoms with E-state index in [2.05, 4.69) is 0 Å². The van der Waals surface area contributed by atoms with Crippen LogP contribution in [0.4, 0.5) is 5.69 Å². The van der Waals surface area contributed by atoms with E-state index in [0.29, 0.717) is 40.3 Å². The molecule has 35 heavy (non-hydrogen) atoms. The van der Waals surface area contributed by atoms with E-state index in [0.717, 1.165) is 15.2 Å². The van der Waals surface area contributed by atoms with Crippen molar-refractivity contribution < 1.29 is 35.2 Å². The largest absolute Gasteiger partial charge is 0.748 e. The normalized spacial score (nSPS) is 15.5. The number of nitrogens with zero attached hydrogens (tertiary/aromatic N) is 2. The van der Waals surface area contributed by atoms with E-state index < -0.39 is 27.2 Å². The van der Waals surface area contributed by atoms with E-state index in [1.165, 1.54) is 11.3 Å². The third-order valence-corrected chi connectivity index (χ3v) is 7.86. The van der Waals surface area contributed by atoms with Gasteiger partial charge in [-0.3, -0.25) is 8.74 Å². The highest BCUT2D eigenvalue weighted by Gasteiger charge is 2.29. The average Bonchev–Trinajstić information content (AvgIpc) is 3.27.